The zero-order valence-corrected chi connectivity index (χ0v) is 17.9. The van der Waals surface area contributed by atoms with Crippen molar-refractivity contribution in [3.63, 3.8) is 0 Å². The van der Waals surface area contributed by atoms with Crippen LogP contribution in [0.4, 0.5) is 5.69 Å². The summed E-state index contributed by atoms with van der Waals surface area (Å²) in [5, 5.41) is 2.93. The van der Waals surface area contributed by atoms with E-state index < -0.39 is 0 Å². The van der Waals surface area contributed by atoms with Gasteiger partial charge in [0.1, 0.15) is 0 Å². The van der Waals surface area contributed by atoms with Crippen molar-refractivity contribution in [2.45, 2.75) is 52.9 Å². The highest BCUT2D eigenvalue weighted by molar-refractivity contribution is 5.95. The Bertz CT molecular complexity index is 812. The lowest BCUT2D eigenvalue weighted by atomic mass is 9.86. The van der Waals surface area contributed by atoms with Crippen LogP contribution >= 0.6 is 0 Å². The molecule has 0 radical (unpaired) electrons. The van der Waals surface area contributed by atoms with Gasteiger partial charge in [0.2, 0.25) is 11.8 Å². The monoisotopic (exact) mass is 380 g/mol. The maximum absolute atomic E-state index is 12.4. The van der Waals surface area contributed by atoms with Gasteiger partial charge in [-0.1, -0.05) is 63.2 Å². The summed E-state index contributed by atoms with van der Waals surface area (Å²) in [4.78, 5) is 26.2. The molecule has 0 unspecified atom stereocenters. The molecule has 4 nitrogen and oxygen atoms in total. The lowest BCUT2D eigenvalue weighted by molar-refractivity contribution is -0.133. The molecule has 0 saturated carbocycles. The normalized spacial score (nSPS) is 11.2. The number of benzene rings is 2. The molecule has 150 valence electrons. The van der Waals surface area contributed by atoms with Gasteiger partial charge in [0.05, 0.1) is 6.54 Å². The second-order valence-electron chi connectivity index (χ2n) is 8.51. The van der Waals surface area contributed by atoms with E-state index in [1.807, 2.05) is 32.0 Å². The van der Waals surface area contributed by atoms with E-state index in [0.29, 0.717) is 12.8 Å². The first-order valence-electron chi connectivity index (χ1n) is 9.77. The minimum absolute atomic E-state index is 0.0310. The Labute approximate surface area is 169 Å². The van der Waals surface area contributed by atoms with Gasteiger partial charge in [-0.2, -0.15) is 0 Å². The number of rotatable bonds is 6. The Morgan fingerprint density at radius 3 is 2.07 bits per heavy atom. The van der Waals surface area contributed by atoms with Crippen molar-refractivity contribution in [3.05, 3.63) is 64.7 Å². The molecule has 0 aliphatic heterocycles. The van der Waals surface area contributed by atoms with Gasteiger partial charge in [0.15, 0.2) is 0 Å². The molecule has 0 fully saturated rings. The van der Waals surface area contributed by atoms with Crippen molar-refractivity contribution in [2.24, 2.45) is 0 Å². The quantitative estimate of drug-likeness (QED) is 0.794. The fourth-order valence-electron chi connectivity index (χ4n) is 3.11. The predicted octanol–water partition coefficient (Wildman–Crippen LogP) is 4.63. The molecule has 0 bridgehead atoms. The van der Waals surface area contributed by atoms with E-state index in [0.717, 1.165) is 22.4 Å². The van der Waals surface area contributed by atoms with E-state index in [-0.39, 0.29) is 23.8 Å². The standard InChI is InChI=1S/C24H32N2O2/c1-17-8-7-9-18(2)23(17)25-21(27)16-26(6)22(28)15-12-19-10-13-20(14-11-19)24(3,4)5/h7-11,13-14H,12,15-16H2,1-6H3,(H,25,27). The predicted molar refractivity (Wildman–Crippen MR) is 116 cm³/mol. The zero-order chi connectivity index (χ0) is 20.9. The number of carbonyl (C=O) groups is 2. The van der Waals surface area contributed by atoms with Gasteiger partial charge in [-0.15, -0.1) is 0 Å². The van der Waals surface area contributed by atoms with Gasteiger partial charge in [-0.05, 0) is 47.9 Å². The summed E-state index contributed by atoms with van der Waals surface area (Å²) in [5.41, 5.74) is 5.39. The van der Waals surface area contributed by atoms with Crippen molar-refractivity contribution in [1.82, 2.24) is 4.90 Å². The Balaban J connectivity index is 1.86. The number of nitrogens with one attached hydrogen (secondary N) is 1. The first-order valence-corrected chi connectivity index (χ1v) is 9.77. The van der Waals surface area contributed by atoms with Crippen molar-refractivity contribution >= 4 is 17.5 Å². The number of hydrogen-bond donors (Lipinski definition) is 1. The number of likely N-dealkylation sites (N-methyl/N-ethyl adjacent to an activating group) is 1. The number of anilines is 1. The van der Waals surface area contributed by atoms with Crippen LogP contribution in [0, 0.1) is 13.8 Å². The third-order valence-corrected chi connectivity index (χ3v) is 5.00. The zero-order valence-electron chi connectivity index (χ0n) is 17.9. The number of para-hydroxylation sites is 1. The summed E-state index contributed by atoms with van der Waals surface area (Å²) in [6, 6.07) is 14.3. The lowest BCUT2D eigenvalue weighted by Gasteiger charge is -2.20. The molecule has 4 heteroatoms. The Morgan fingerprint density at radius 2 is 1.54 bits per heavy atom. The Hall–Kier alpha value is -2.62. The van der Waals surface area contributed by atoms with Crippen molar-refractivity contribution in [3.8, 4) is 0 Å². The second kappa shape index (κ2) is 9.05. The largest absolute Gasteiger partial charge is 0.336 e. The van der Waals surface area contributed by atoms with Gasteiger partial charge in [0.25, 0.3) is 0 Å². The van der Waals surface area contributed by atoms with E-state index in [1.165, 1.54) is 10.5 Å². The summed E-state index contributed by atoms with van der Waals surface area (Å²) in [6.07, 6.45) is 1.06. The van der Waals surface area contributed by atoms with Crippen LogP contribution in [0.3, 0.4) is 0 Å². The maximum Gasteiger partial charge on any atom is 0.243 e. The maximum atomic E-state index is 12.4. The SMILES string of the molecule is Cc1cccc(C)c1NC(=O)CN(C)C(=O)CCc1ccc(C(C)(C)C)cc1. The smallest absolute Gasteiger partial charge is 0.243 e. The Morgan fingerprint density at radius 1 is 0.964 bits per heavy atom. The van der Waals surface area contributed by atoms with E-state index in [4.69, 9.17) is 0 Å². The highest BCUT2D eigenvalue weighted by Crippen LogP contribution is 2.22. The van der Waals surface area contributed by atoms with E-state index in [9.17, 15) is 9.59 Å². The average molecular weight is 381 g/mol. The molecule has 2 rings (SSSR count). The molecule has 0 saturated heterocycles. The molecule has 0 spiro atoms. The van der Waals surface area contributed by atoms with Gasteiger partial charge in [-0.3, -0.25) is 9.59 Å². The van der Waals surface area contributed by atoms with Crippen molar-refractivity contribution < 1.29 is 9.59 Å². The molecule has 2 amide bonds. The fraction of sp³-hybridized carbons (Fsp3) is 0.417. The van der Waals surface area contributed by atoms with Crippen LogP contribution in [-0.4, -0.2) is 30.3 Å². The number of aryl methyl sites for hydroxylation is 3. The van der Waals surface area contributed by atoms with Crippen LogP contribution in [0.5, 0.6) is 0 Å². The summed E-state index contributed by atoms with van der Waals surface area (Å²) >= 11 is 0. The van der Waals surface area contributed by atoms with Crippen LogP contribution in [-0.2, 0) is 21.4 Å². The number of amides is 2. The molecule has 0 aromatic heterocycles. The summed E-state index contributed by atoms with van der Waals surface area (Å²) in [5.74, 6) is -0.209. The first-order chi connectivity index (χ1) is 13.1. The minimum Gasteiger partial charge on any atom is -0.336 e. The van der Waals surface area contributed by atoms with Gasteiger partial charge in [-0.25, -0.2) is 0 Å². The second-order valence-corrected chi connectivity index (χ2v) is 8.51. The molecule has 0 aliphatic carbocycles. The van der Waals surface area contributed by atoms with Crippen LogP contribution < -0.4 is 5.32 Å². The Kier molecular flexibility index (Phi) is 7.00. The van der Waals surface area contributed by atoms with E-state index in [1.54, 1.807) is 7.05 Å². The molecule has 2 aromatic carbocycles. The number of carbonyl (C=O) groups excluding carboxylic acids is 2. The van der Waals surface area contributed by atoms with E-state index >= 15 is 0 Å². The highest BCUT2D eigenvalue weighted by Gasteiger charge is 2.16. The molecule has 0 atom stereocenters. The molecule has 0 aliphatic rings. The van der Waals surface area contributed by atoms with Gasteiger partial charge in [0, 0.05) is 19.2 Å². The molecular weight excluding hydrogens is 348 g/mol. The molecule has 0 heterocycles. The minimum atomic E-state index is -0.178. The third kappa shape index (κ3) is 5.95. The summed E-state index contributed by atoms with van der Waals surface area (Å²) in [7, 11) is 1.68. The number of hydrogen-bond acceptors (Lipinski definition) is 2. The summed E-state index contributed by atoms with van der Waals surface area (Å²) < 4.78 is 0. The van der Waals surface area contributed by atoms with Crippen molar-refractivity contribution in [2.75, 3.05) is 18.9 Å². The van der Waals surface area contributed by atoms with Crippen LogP contribution in [0.15, 0.2) is 42.5 Å². The fourth-order valence-corrected chi connectivity index (χ4v) is 3.11. The third-order valence-electron chi connectivity index (χ3n) is 5.00. The molecular formula is C24H32N2O2. The van der Waals surface area contributed by atoms with Crippen LogP contribution in [0.25, 0.3) is 0 Å². The first kappa shape index (κ1) is 21.7. The van der Waals surface area contributed by atoms with Gasteiger partial charge < -0.3 is 10.2 Å². The van der Waals surface area contributed by atoms with Crippen LogP contribution in [0.2, 0.25) is 0 Å². The van der Waals surface area contributed by atoms with Crippen molar-refractivity contribution in [1.29, 1.82) is 0 Å². The van der Waals surface area contributed by atoms with Crippen LogP contribution in [0.1, 0.15) is 49.4 Å². The summed E-state index contributed by atoms with van der Waals surface area (Å²) in [6.45, 7) is 10.5. The molecule has 2 aromatic rings. The molecule has 1 N–H and O–H groups in total. The topological polar surface area (TPSA) is 49.4 Å². The average Bonchev–Trinajstić information content (AvgIpc) is 2.62. The number of nitrogens with zero attached hydrogens (tertiary/aromatic N) is 1. The van der Waals surface area contributed by atoms with Gasteiger partial charge >= 0.3 is 0 Å². The van der Waals surface area contributed by atoms with E-state index in [2.05, 4.69) is 50.4 Å². The highest BCUT2D eigenvalue weighted by atomic mass is 16.2. The lowest BCUT2D eigenvalue weighted by Crippen LogP contribution is -2.35. The molecule has 28 heavy (non-hydrogen) atoms.